The van der Waals surface area contributed by atoms with Gasteiger partial charge in [0.15, 0.2) is 17.5 Å². The van der Waals surface area contributed by atoms with Crippen molar-refractivity contribution in [2.75, 3.05) is 0 Å². The predicted octanol–water partition coefficient (Wildman–Crippen LogP) is 21.3. The molecule has 92 heavy (non-hydrogen) atoms. The Bertz CT molecular complexity index is 5810. The summed E-state index contributed by atoms with van der Waals surface area (Å²) in [5.41, 5.74) is 19.9. The van der Waals surface area contributed by atoms with E-state index in [4.69, 9.17) is 23.8 Å². The van der Waals surface area contributed by atoms with E-state index in [1.807, 2.05) is 115 Å². The van der Waals surface area contributed by atoms with Crippen molar-refractivity contribution in [3.05, 3.63) is 296 Å². The molecule has 0 aliphatic rings. The molecule has 18 rings (SSSR count). The van der Waals surface area contributed by atoms with Crippen LogP contribution in [0.2, 0.25) is 0 Å². The number of aromatic nitrogens is 5. The van der Waals surface area contributed by atoms with E-state index in [1.54, 1.807) is 0 Å². The molecule has 426 valence electrons. The van der Waals surface area contributed by atoms with Gasteiger partial charge < -0.3 is 18.0 Å². The van der Waals surface area contributed by atoms with Gasteiger partial charge in [-0.3, -0.25) is 0 Å². The lowest BCUT2D eigenvalue weighted by Gasteiger charge is -2.18. The third kappa shape index (κ3) is 8.35. The lowest BCUT2D eigenvalue weighted by atomic mass is 9.99. The predicted molar refractivity (Wildman–Crippen MR) is 371 cm³/mol. The van der Waals surface area contributed by atoms with Crippen LogP contribution in [-0.4, -0.2) is 24.1 Å². The minimum absolute atomic E-state index is 0.442. The van der Waals surface area contributed by atoms with Crippen LogP contribution in [0.15, 0.2) is 294 Å². The molecule has 0 bridgehead atoms. The van der Waals surface area contributed by atoms with Gasteiger partial charge >= 0.3 is 0 Å². The van der Waals surface area contributed by atoms with Gasteiger partial charge in [-0.05, 0) is 154 Å². The molecule has 0 fully saturated rings. The Kier molecular flexibility index (Phi) is 11.8. The van der Waals surface area contributed by atoms with Crippen molar-refractivity contribution in [2.24, 2.45) is 0 Å². The van der Waals surface area contributed by atoms with Crippen LogP contribution in [0.5, 0.6) is 0 Å². The molecule has 5 aromatic heterocycles. The largest absolute Gasteiger partial charge is 0.455 e. The molecular weight excluding hydrogens is 1130 g/mol. The SMILES string of the molecule is N#Cc1cccc(-c2ccc(-c3nc(-c4ccccc4)nc(-c4ccc(-c5cccc(C#N)c5)cc4-n4c5ccc(-c6ccccc6)cc5c5c6oc7ccccc7c6ccc54)n3)c(-n3c4ccc(-c5ccccc5)cc4c4c5oc6ccccc6c5ccc43)c2)c1. The van der Waals surface area contributed by atoms with Crippen molar-refractivity contribution < 1.29 is 8.83 Å². The molecule has 0 aliphatic carbocycles. The number of para-hydroxylation sites is 2. The highest BCUT2D eigenvalue weighted by Gasteiger charge is 2.27. The number of fused-ring (bicyclic) bond motifs is 14. The van der Waals surface area contributed by atoms with Gasteiger partial charge in [0.2, 0.25) is 0 Å². The maximum Gasteiger partial charge on any atom is 0.166 e. The number of furan rings is 2. The van der Waals surface area contributed by atoms with E-state index < -0.39 is 0 Å². The average Bonchev–Trinajstić information content (AvgIpc) is 1.56. The molecule has 13 aromatic carbocycles. The first-order valence-electron chi connectivity index (χ1n) is 30.5. The van der Waals surface area contributed by atoms with Gasteiger partial charge in [-0.1, -0.05) is 176 Å². The highest BCUT2D eigenvalue weighted by molar-refractivity contribution is 6.26. The lowest BCUT2D eigenvalue weighted by molar-refractivity contribution is 0.672. The Hall–Kier alpha value is -13.0. The number of nitriles is 2. The van der Waals surface area contributed by atoms with E-state index >= 15 is 0 Å². The monoisotopic (exact) mass is 1170 g/mol. The zero-order valence-corrected chi connectivity index (χ0v) is 49.1. The first-order valence-corrected chi connectivity index (χ1v) is 30.5. The fourth-order valence-corrected chi connectivity index (χ4v) is 13.8. The van der Waals surface area contributed by atoms with Crippen molar-refractivity contribution in [1.29, 1.82) is 10.5 Å². The molecular formula is C83H47N7O2. The number of hydrogen-bond donors (Lipinski definition) is 0. The molecule has 0 radical (unpaired) electrons. The molecule has 9 nitrogen and oxygen atoms in total. The van der Waals surface area contributed by atoms with E-state index in [1.165, 1.54) is 0 Å². The Morgan fingerprint density at radius 1 is 0.272 bits per heavy atom. The molecule has 0 saturated heterocycles. The summed E-state index contributed by atoms with van der Waals surface area (Å²) >= 11 is 0. The van der Waals surface area contributed by atoms with Gasteiger partial charge in [0.05, 0.1) is 67.5 Å². The number of nitrogens with zero attached hydrogens (tertiary/aromatic N) is 7. The van der Waals surface area contributed by atoms with Crippen LogP contribution >= 0.6 is 0 Å². The first kappa shape index (κ1) is 52.2. The second-order valence-corrected chi connectivity index (χ2v) is 23.3. The Balaban J connectivity index is 0.938. The molecule has 0 spiro atoms. The van der Waals surface area contributed by atoms with E-state index in [-0.39, 0.29) is 0 Å². The van der Waals surface area contributed by atoms with Crippen LogP contribution in [-0.2, 0) is 0 Å². The molecule has 0 saturated carbocycles. The topological polar surface area (TPSA) is 122 Å². The van der Waals surface area contributed by atoms with Crippen molar-refractivity contribution >= 4 is 87.5 Å². The van der Waals surface area contributed by atoms with Crippen LogP contribution in [0.4, 0.5) is 0 Å². The van der Waals surface area contributed by atoms with Gasteiger partial charge in [0.1, 0.15) is 22.3 Å². The quantitative estimate of drug-likeness (QED) is 0.141. The fraction of sp³-hybridized carbons (Fsp3) is 0. The first-order chi connectivity index (χ1) is 45.5. The van der Waals surface area contributed by atoms with Crippen molar-refractivity contribution in [3.63, 3.8) is 0 Å². The molecule has 5 heterocycles. The summed E-state index contributed by atoms with van der Waals surface area (Å²) in [5, 5.41) is 28.6. The summed E-state index contributed by atoms with van der Waals surface area (Å²) < 4.78 is 18.5. The number of rotatable bonds is 9. The fourth-order valence-electron chi connectivity index (χ4n) is 13.8. The van der Waals surface area contributed by atoms with Crippen molar-refractivity contribution in [1.82, 2.24) is 24.1 Å². The minimum atomic E-state index is 0.442. The second-order valence-electron chi connectivity index (χ2n) is 23.3. The smallest absolute Gasteiger partial charge is 0.166 e. The van der Waals surface area contributed by atoms with E-state index in [9.17, 15) is 10.5 Å². The summed E-state index contributed by atoms with van der Waals surface area (Å²) in [6.45, 7) is 0. The summed E-state index contributed by atoms with van der Waals surface area (Å²) in [6, 6.07) is 103. The van der Waals surface area contributed by atoms with Crippen LogP contribution in [0.3, 0.4) is 0 Å². The maximum absolute atomic E-state index is 10.2. The van der Waals surface area contributed by atoms with Gasteiger partial charge in [-0.15, -0.1) is 0 Å². The third-order valence-corrected chi connectivity index (χ3v) is 18.0. The summed E-state index contributed by atoms with van der Waals surface area (Å²) in [4.78, 5) is 16.7. The van der Waals surface area contributed by atoms with Gasteiger partial charge in [-0.2, -0.15) is 10.5 Å². The van der Waals surface area contributed by atoms with Crippen LogP contribution < -0.4 is 0 Å². The van der Waals surface area contributed by atoms with E-state index in [0.29, 0.717) is 28.6 Å². The zero-order valence-electron chi connectivity index (χ0n) is 49.1. The van der Waals surface area contributed by atoms with Crippen LogP contribution in [0.25, 0.3) is 178 Å². The highest BCUT2D eigenvalue weighted by Crippen LogP contribution is 2.47. The molecule has 18 aromatic rings. The zero-order chi connectivity index (χ0) is 61.0. The van der Waals surface area contributed by atoms with E-state index in [2.05, 4.69) is 191 Å². The minimum Gasteiger partial charge on any atom is -0.455 e. The molecule has 0 aliphatic heterocycles. The Labute approximate surface area is 526 Å². The molecule has 9 heteroatoms. The summed E-state index contributed by atoms with van der Waals surface area (Å²) in [5.74, 6) is 1.37. The Morgan fingerprint density at radius 3 is 1.10 bits per heavy atom. The lowest BCUT2D eigenvalue weighted by Crippen LogP contribution is -2.06. The summed E-state index contributed by atoms with van der Waals surface area (Å²) in [7, 11) is 0. The average molecular weight is 1170 g/mol. The maximum atomic E-state index is 10.2. The normalized spacial score (nSPS) is 11.7. The number of hydrogen-bond acceptors (Lipinski definition) is 7. The van der Waals surface area contributed by atoms with Crippen molar-refractivity contribution in [2.45, 2.75) is 0 Å². The molecule has 0 unspecified atom stereocenters. The molecule has 0 atom stereocenters. The molecule has 0 N–H and O–H groups in total. The van der Waals surface area contributed by atoms with Crippen LogP contribution in [0.1, 0.15) is 11.1 Å². The number of benzene rings is 13. The van der Waals surface area contributed by atoms with Gasteiger partial charge in [0.25, 0.3) is 0 Å². The summed E-state index contributed by atoms with van der Waals surface area (Å²) in [6.07, 6.45) is 0. The van der Waals surface area contributed by atoms with Crippen LogP contribution in [0, 0.1) is 22.7 Å². The molecule has 0 amide bonds. The Morgan fingerprint density at radius 2 is 0.641 bits per heavy atom. The van der Waals surface area contributed by atoms with Gasteiger partial charge in [0, 0.05) is 49.0 Å². The van der Waals surface area contributed by atoms with Crippen molar-refractivity contribution in [3.8, 4) is 102 Å². The highest BCUT2D eigenvalue weighted by atomic mass is 16.3. The van der Waals surface area contributed by atoms with Gasteiger partial charge in [-0.25, -0.2) is 15.0 Å². The standard InChI is InChI=1S/C83H47N7O2/c84-48-50-16-14-24-55(42-50)59-30-34-65(73(46-59)89-69-38-32-57(52-18-4-1-5-19-52)44-67(69)77-71(89)40-36-63-61-26-10-12-28-75(61)91-79(63)77)82-86-81(54-22-8-3-9-23-54)87-83(88-82)66-35-31-60(56-25-15-17-51(43-56)49-85)47-74(66)90-70-39-33-58(53-20-6-2-7-21-53)45-68(70)78-72(90)41-37-64-62-27-11-13-29-76(62)92-80(64)78/h1-47H. The third-order valence-electron chi connectivity index (χ3n) is 18.0. The van der Waals surface area contributed by atoms with E-state index in [0.717, 1.165) is 160 Å². The second kappa shape index (κ2) is 20.9.